The lowest BCUT2D eigenvalue weighted by Gasteiger charge is -2.05. The number of nitriles is 1. The van der Waals surface area contributed by atoms with Gasteiger partial charge >= 0.3 is 0 Å². The summed E-state index contributed by atoms with van der Waals surface area (Å²) in [6.45, 7) is 1.08. The maximum atomic E-state index is 8.33. The molecule has 4 heteroatoms. The van der Waals surface area contributed by atoms with Gasteiger partial charge in [0.1, 0.15) is 5.75 Å². The molecule has 1 rings (SSSR count). The van der Waals surface area contributed by atoms with Crippen molar-refractivity contribution in [2.45, 2.75) is 25.8 Å². The fourth-order valence-electron chi connectivity index (χ4n) is 1.11. The number of rotatable bonds is 6. The average molecular weight is 205 g/mol. The molecule has 1 heterocycles. The van der Waals surface area contributed by atoms with E-state index < -0.39 is 0 Å². The first-order chi connectivity index (χ1) is 7.36. The van der Waals surface area contributed by atoms with Crippen LogP contribution in [0.3, 0.4) is 0 Å². The molecule has 0 fully saturated rings. The lowest BCUT2D eigenvalue weighted by molar-refractivity contribution is 0.306. The average Bonchev–Trinajstić information content (AvgIpc) is 2.30. The maximum absolute atomic E-state index is 8.33. The van der Waals surface area contributed by atoms with Gasteiger partial charge in [0.05, 0.1) is 24.6 Å². The number of nitrogens with two attached hydrogens (primary N) is 1. The topological polar surface area (TPSA) is 71.9 Å². The Morgan fingerprint density at radius 1 is 1.40 bits per heavy atom. The Hall–Kier alpha value is -1.60. The molecule has 0 aliphatic heterocycles. The van der Waals surface area contributed by atoms with Crippen molar-refractivity contribution in [3.05, 3.63) is 24.0 Å². The lowest BCUT2D eigenvalue weighted by Crippen LogP contribution is -2.01. The van der Waals surface area contributed by atoms with Crippen LogP contribution in [-0.4, -0.2) is 11.6 Å². The van der Waals surface area contributed by atoms with E-state index in [0.717, 1.165) is 24.3 Å². The van der Waals surface area contributed by atoms with Gasteiger partial charge in [0, 0.05) is 13.0 Å². The van der Waals surface area contributed by atoms with E-state index in [1.54, 1.807) is 6.20 Å². The highest BCUT2D eigenvalue weighted by molar-refractivity contribution is 5.19. The molecule has 0 spiro atoms. The summed E-state index contributed by atoms with van der Waals surface area (Å²) in [5, 5.41) is 8.33. The minimum atomic E-state index is 0.447. The van der Waals surface area contributed by atoms with Crippen LogP contribution in [0.25, 0.3) is 0 Å². The van der Waals surface area contributed by atoms with E-state index in [1.807, 2.05) is 12.1 Å². The van der Waals surface area contributed by atoms with E-state index in [4.69, 9.17) is 15.7 Å². The molecule has 80 valence electrons. The Balaban J connectivity index is 2.23. The summed E-state index contributed by atoms with van der Waals surface area (Å²) in [5.41, 5.74) is 6.27. The molecule has 0 aliphatic carbocycles. The van der Waals surface area contributed by atoms with Crippen LogP contribution in [-0.2, 0) is 6.54 Å². The molecule has 0 saturated carbocycles. The van der Waals surface area contributed by atoms with Crippen molar-refractivity contribution in [3.63, 3.8) is 0 Å². The summed E-state index contributed by atoms with van der Waals surface area (Å²) >= 11 is 0. The van der Waals surface area contributed by atoms with Crippen molar-refractivity contribution in [2.75, 3.05) is 6.61 Å². The summed E-state index contributed by atoms with van der Waals surface area (Å²) < 4.78 is 5.44. The van der Waals surface area contributed by atoms with Gasteiger partial charge in [-0.05, 0) is 25.0 Å². The van der Waals surface area contributed by atoms with Crippen LogP contribution in [0.15, 0.2) is 18.3 Å². The molecule has 1 aromatic rings. The second-order valence-corrected chi connectivity index (χ2v) is 3.15. The number of nitrogens with zero attached hydrogens (tertiary/aromatic N) is 2. The zero-order valence-corrected chi connectivity index (χ0v) is 8.65. The highest BCUT2D eigenvalue weighted by atomic mass is 16.5. The van der Waals surface area contributed by atoms with Gasteiger partial charge in [0.2, 0.25) is 0 Å². The zero-order valence-electron chi connectivity index (χ0n) is 8.65. The van der Waals surface area contributed by atoms with Gasteiger partial charge in [-0.2, -0.15) is 5.26 Å². The smallest absolute Gasteiger partial charge is 0.137 e. The fourth-order valence-corrected chi connectivity index (χ4v) is 1.11. The Bertz CT molecular complexity index is 316. The Morgan fingerprint density at radius 3 is 2.87 bits per heavy atom. The van der Waals surface area contributed by atoms with Crippen LogP contribution in [0.2, 0.25) is 0 Å². The summed E-state index contributed by atoms with van der Waals surface area (Å²) in [6.07, 6.45) is 4.04. The molecule has 2 N–H and O–H groups in total. The van der Waals surface area contributed by atoms with Crippen LogP contribution in [0.4, 0.5) is 0 Å². The van der Waals surface area contributed by atoms with E-state index in [9.17, 15) is 0 Å². The third kappa shape index (κ3) is 4.43. The van der Waals surface area contributed by atoms with Crippen LogP contribution in [0, 0.1) is 11.3 Å². The van der Waals surface area contributed by atoms with Gasteiger partial charge < -0.3 is 10.5 Å². The fraction of sp³-hybridized carbons (Fsp3) is 0.455. The molecule has 0 bridgehead atoms. The monoisotopic (exact) mass is 205 g/mol. The number of ether oxygens (including phenoxy) is 1. The number of pyridine rings is 1. The molecule has 0 aliphatic rings. The van der Waals surface area contributed by atoms with E-state index in [0.29, 0.717) is 19.6 Å². The van der Waals surface area contributed by atoms with Crippen LogP contribution in [0.5, 0.6) is 5.75 Å². The zero-order chi connectivity index (χ0) is 10.9. The van der Waals surface area contributed by atoms with E-state index >= 15 is 0 Å². The predicted molar refractivity (Wildman–Crippen MR) is 57.1 cm³/mol. The quantitative estimate of drug-likeness (QED) is 0.716. The molecule has 15 heavy (non-hydrogen) atoms. The largest absolute Gasteiger partial charge is 0.492 e. The standard InChI is InChI=1S/C11H15N3O/c12-6-2-1-3-7-15-11-5-4-10(8-13)14-9-11/h4-5,9H,1-3,7-8,13H2. The number of hydrogen-bond acceptors (Lipinski definition) is 4. The van der Waals surface area contributed by atoms with Crippen molar-refractivity contribution < 1.29 is 4.74 Å². The van der Waals surface area contributed by atoms with Crippen molar-refractivity contribution >= 4 is 0 Å². The highest BCUT2D eigenvalue weighted by Gasteiger charge is 1.95. The Labute approximate surface area is 89.7 Å². The highest BCUT2D eigenvalue weighted by Crippen LogP contribution is 2.09. The molecule has 0 atom stereocenters. The minimum absolute atomic E-state index is 0.447. The van der Waals surface area contributed by atoms with Crippen LogP contribution >= 0.6 is 0 Å². The summed E-state index contributed by atoms with van der Waals surface area (Å²) in [4.78, 5) is 4.11. The maximum Gasteiger partial charge on any atom is 0.137 e. The van der Waals surface area contributed by atoms with Crippen molar-refractivity contribution in [2.24, 2.45) is 5.73 Å². The molecule has 0 amide bonds. The van der Waals surface area contributed by atoms with E-state index in [2.05, 4.69) is 11.1 Å². The van der Waals surface area contributed by atoms with Crippen LogP contribution in [0.1, 0.15) is 25.0 Å². The molecule has 0 saturated heterocycles. The van der Waals surface area contributed by atoms with Gasteiger partial charge in [-0.3, -0.25) is 4.98 Å². The van der Waals surface area contributed by atoms with Crippen molar-refractivity contribution in [1.29, 1.82) is 5.26 Å². The lowest BCUT2D eigenvalue weighted by atomic mass is 10.2. The third-order valence-corrected chi connectivity index (χ3v) is 1.96. The third-order valence-electron chi connectivity index (χ3n) is 1.96. The first-order valence-electron chi connectivity index (χ1n) is 5.01. The molecule has 4 nitrogen and oxygen atoms in total. The molecular formula is C11H15N3O. The van der Waals surface area contributed by atoms with Gasteiger partial charge in [-0.25, -0.2) is 0 Å². The second-order valence-electron chi connectivity index (χ2n) is 3.15. The SMILES string of the molecule is N#CCCCCOc1ccc(CN)nc1. The van der Waals surface area contributed by atoms with E-state index in [-0.39, 0.29) is 0 Å². The van der Waals surface area contributed by atoms with Crippen molar-refractivity contribution in [3.8, 4) is 11.8 Å². The van der Waals surface area contributed by atoms with Crippen molar-refractivity contribution in [1.82, 2.24) is 4.98 Å². The number of unbranched alkanes of at least 4 members (excludes halogenated alkanes) is 2. The van der Waals surface area contributed by atoms with Gasteiger partial charge in [0.15, 0.2) is 0 Å². The first kappa shape index (κ1) is 11.5. The summed E-state index contributed by atoms with van der Waals surface area (Å²) in [5.74, 6) is 0.754. The molecular weight excluding hydrogens is 190 g/mol. The Morgan fingerprint density at radius 2 is 2.27 bits per heavy atom. The summed E-state index contributed by atoms with van der Waals surface area (Å²) in [6, 6.07) is 5.81. The molecule has 0 aromatic carbocycles. The van der Waals surface area contributed by atoms with Gasteiger partial charge in [-0.15, -0.1) is 0 Å². The molecule has 1 aromatic heterocycles. The van der Waals surface area contributed by atoms with Crippen LogP contribution < -0.4 is 10.5 Å². The minimum Gasteiger partial charge on any atom is -0.492 e. The van der Waals surface area contributed by atoms with Gasteiger partial charge in [-0.1, -0.05) is 0 Å². The normalized spacial score (nSPS) is 9.60. The summed E-state index contributed by atoms with van der Waals surface area (Å²) in [7, 11) is 0. The Kier molecular flexibility index (Phi) is 5.20. The number of aromatic nitrogens is 1. The first-order valence-corrected chi connectivity index (χ1v) is 5.01. The second kappa shape index (κ2) is 6.80. The predicted octanol–water partition coefficient (Wildman–Crippen LogP) is 1.61. The molecule has 0 radical (unpaired) electrons. The molecule has 0 unspecified atom stereocenters. The van der Waals surface area contributed by atoms with E-state index in [1.165, 1.54) is 0 Å². The number of hydrogen-bond donors (Lipinski definition) is 1. The van der Waals surface area contributed by atoms with Gasteiger partial charge in [0.25, 0.3) is 0 Å².